The van der Waals surface area contributed by atoms with Gasteiger partial charge in [-0.25, -0.2) is 18.4 Å². The van der Waals surface area contributed by atoms with E-state index >= 15 is 0 Å². The van der Waals surface area contributed by atoms with Crippen molar-refractivity contribution in [3.63, 3.8) is 0 Å². The number of aromatic nitrogens is 4. The molecule has 1 N–H and O–H groups in total. The normalized spacial score (nSPS) is 20.4. The van der Waals surface area contributed by atoms with E-state index in [1.807, 2.05) is 24.5 Å². The van der Waals surface area contributed by atoms with Crippen LogP contribution in [0.4, 0.5) is 23.3 Å². The van der Waals surface area contributed by atoms with E-state index < -0.39 is 9.84 Å². The maximum atomic E-state index is 11.8. The minimum absolute atomic E-state index is 0.113. The molecule has 3 aromatic heterocycles. The molecule has 5 rings (SSSR count). The molecule has 0 aromatic carbocycles. The Hall–Kier alpha value is -2.86. The third kappa shape index (κ3) is 6.97. The van der Waals surface area contributed by atoms with Gasteiger partial charge in [-0.1, -0.05) is 13.8 Å². The van der Waals surface area contributed by atoms with Crippen LogP contribution in [0.2, 0.25) is 0 Å². The summed E-state index contributed by atoms with van der Waals surface area (Å²) in [5.41, 5.74) is 1.99. The highest BCUT2D eigenvalue weighted by Crippen LogP contribution is 2.38. The average Bonchev–Trinajstić information content (AvgIpc) is 2.89. The number of nitrogens with zero attached hydrogens (tertiary/aromatic N) is 6. The molecule has 0 radical (unpaired) electrons. The van der Waals surface area contributed by atoms with E-state index in [2.05, 4.69) is 64.4 Å². The lowest BCUT2D eigenvalue weighted by Crippen LogP contribution is -2.57. The van der Waals surface area contributed by atoms with Gasteiger partial charge in [0.1, 0.15) is 45.0 Å². The van der Waals surface area contributed by atoms with Crippen molar-refractivity contribution in [3.8, 4) is 0 Å². The second-order valence-corrected chi connectivity index (χ2v) is 15.0. The van der Waals surface area contributed by atoms with Crippen LogP contribution in [0.3, 0.4) is 0 Å². The van der Waals surface area contributed by atoms with Gasteiger partial charge in [-0.05, 0) is 43.1 Å². The van der Waals surface area contributed by atoms with Gasteiger partial charge >= 0.3 is 0 Å². The van der Waals surface area contributed by atoms with Crippen LogP contribution in [-0.2, 0) is 14.6 Å². The Bertz CT molecular complexity index is 1510. The highest BCUT2D eigenvalue weighted by atomic mass is 32.2. The van der Waals surface area contributed by atoms with Crippen LogP contribution < -0.4 is 15.1 Å². The molecule has 0 unspecified atom stereocenters. The second-order valence-electron chi connectivity index (χ2n) is 12.8. The Morgan fingerprint density at radius 3 is 2.46 bits per heavy atom. The smallest absolute Gasteiger partial charge is 0.227 e. The molecule has 0 bridgehead atoms. The molecule has 0 aliphatic carbocycles. The highest BCUT2D eigenvalue weighted by molar-refractivity contribution is 7.90. The summed E-state index contributed by atoms with van der Waals surface area (Å²) in [6, 6.07) is 4.01. The highest BCUT2D eigenvalue weighted by Gasteiger charge is 2.38. The van der Waals surface area contributed by atoms with E-state index in [4.69, 9.17) is 19.7 Å². The van der Waals surface area contributed by atoms with Crippen LogP contribution in [-0.4, -0.2) is 101 Å². The molecule has 0 amide bonds. The Labute approximate surface area is 246 Å². The first kappa shape index (κ1) is 29.6. The van der Waals surface area contributed by atoms with Gasteiger partial charge in [0.15, 0.2) is 0 Å². The van der Waals surface area contributed by atoms with Crippen molar-refractivity contribution in [2.75, 3.05) is 46.8 Å². The van der Waals surface area contributed by atoms with Crippen LogP contribution in [0.5, 0.6) is 0 Å². The van der Waals surface area contributed by atoms with E-state index in [1.165, 1.54) is 6.26 Å². The Morgan fingerprint density at radius 1 is 1.10 bits per heavy atom. The number of fused-ring (bicyclic) bond motifs is 1. The monoisotopic (exact) mass is 575 g/mol. The Morgan fingerprint density at radius 2 is 1.83 bits per heavy atom. The zero-order valence-electron chi connectivity index (χ0n) is 25.3. The zero-order valence-corrected chi connectivity index (χ0v) is 26.1. The van der Waals surface area contributed by atoms with E-state index in [9.17, 15) is 8.42 Å². The quantitative estimate of drug-likeness (QED) is 0.365. The Balaban J connectivity index is 1.34. The van der Waals surface area contributed by atoms with E-state index in [0.717, 1.165) is 48.1 Å². The van der Waals surface area contributed by atoms with Gasteiger partial charge in [0, 0.05) is 61.0 Å². The van der Waals surface area contributed by atoms with Crippen molar-refractivity contribution in [2.45, 2.75) is 57.0 Å². The second kappa shape index (κ2) is 11.4. The van der Waals surface area contributed by atoms with Crippen molar-refractivity contribution >= 4 is 67.4 Å². The molecule has 0 spiro atoms. The zero-order chi connectivity index (χ0) is 29.5. The summed E-state index contributed by atoms with van der Waals surface area (Å²) in [7, 11) is 3.28. The number of nitrogens with one attached hydrogen (secondary N) is 1. The molecule has 2 aliphatic rings. The summed E-state index contributed by atoms with van der Waals surface area (Å²) >= 11 is 0. The fourth-order valence-corrected chi connectivity index (χ4v) is 7.02. The summed E-state index contributed by atoms with van der Waals surface area (Å²) in [4.78, 5) is 23.3. The fraction of sp³-hybridized carbons (Fsp3) is 0.556. The summed E-state index contributed by atoms with van der Waals surface area (Å²) in [5, 5.41) is 5.29. The number of sulfone groups is 1. The molecule has 2 fully saturated rings. The van der Waals surface area contributed by atoms with Gasteiger partial charge < -0.3 is 19.9 Å². The van der Waals surface area contributed by atoms with Crippen LogP contribution in [0.15, 0.2) is 30.7 Å². The minimum atomic E-state index is -3.02. The average molecular weight is 575 g/mol. The largest absolute Gasteiger partial charge is 0.397 e. The number of piperidine rings is 1. The van der Waals surface area contributed by atoms with E-state index in [-0.39, 0.29) is 35.0 Å². The molecular formula is C27H40B3N7O3S. The van der Waals surface area contributed by atoms with Crippen LogP contribution in [0, 0.1) is 5.92 Å². The lowest BCUT2D eigenvalue weighted by molar-refractivity contribution is 0.0305. The molecule has 41 heavy (non-hydrogen) atoms. The first-order valence-electron chi connectivity index (χ1n) is 14.5. The molecule has 5 heterocycles. The van der Waals surface area contributed by atoms with Gasteiger partial charge in [-0.3, -0.25) is 4.98 Å². The molecular weight excluding hydrogens is 535 g/mol. The van der Waals surface area contributed by atoms with Gasteiger partial charge in [0.2, 0.25) is 5.95 Å². The number of hydrogen-bond acceptors (Lipinski definition) is 10. The number of pyridine rings is 2. The number of ether oxygens (including phenoxy) is 1. The van der Waals surface area contributed by atoms with E-state index in [1.54, 1.807) is 6.20 Å². The van der Waals surface area contributed by atoms with Crippen LogP contribution in [0.1, 0.15) is 45.2 Å². The number of rotatable bonds is 9. The molecule has 2 aliphatic heterocycles. The molecule has 2 saturated heterocycles. The standard InChI is InChI=1S/C27H40B3N7O3S/c1-16(2)25-20-11-24(32-12-21(20)22(13-33-25)37-14-18(17(37)3)15-41(4,38)39)34-23-5-8-31-26(35-23)36-9-6-19(7-10-36)40-27(28,29)30/h5,8,11-13,16-19H,6-7,9-10,14-15,28-30H2,1-4H3,(H,31,32,34,35)/t17-,18-/m1/s1. The predicted octanol–water partition coefficient (Wildman–Crippen LogP) is 0.652. The van der Waals surface area contributed by atoms with Crippen molar-refractivity contribution in [3.05, 3.63) is 36.4 Å². The lowest BCUT2D eigenvalue weighted by atomic mass is 9.52. The first-order valence-corrected chi connectivity index (χ1v) is 16.6. The Kier molecular flexibility index (Phi) is 8.26. The maximum absolute atomic E-state index is 11.8. The number of anilines is 4. The van der Waals surface area contributed by atoms with Gasteiger partial charge in [-0.15, -0.1) is 0 Å². The maximum Gasteiger partial charge on any atom is 0.227 e. The van der Waals surface area contributed by atoms with Gasteiger partial charge in [0.25, 0.3) is 0 Å². The van der Waals surface area contributed by atoms with Crippen LogP contribution in [0.25, 0.3) is 10.8 Å². The van der Waals surface area contributed by atoms with E-state index in [0.29, 0.717) is 24.1 Å². The molecule has 14 heteroatoms. The fourth-order valence-electron chi connectivity index (χ4n) is 5.86. The summed E-state index contributed by atoms with van der Waals surface area (Å²) in [5.74, 6) is 2.62. The van der Waals surface area contributed by atoms with Gasteiger partial charge in [0.05, 0.1) is 29.4 Å². The number of hydrogen-bond donors (Lipinski definition) is 1. The van der Waals surface area contributed by atoms with Crippen molar-refractivity contribution < 1.29 is 13.2 Å². The van der Waals surface area contributed by atoms with Crippen molar-refractivity contribution in [1.82, 2.24) is 19.9 Å². The topological polar surface area (TPSA) is 113 Å². The van der Waals surface area contributed by atoms with Crippen molar-refractivity contribution in [2.24, 2.45) is 5.92 Å². The predicted molar refractivity (Wildman–Crippen MR) is 174 cm³/mol. The molecule has 3 aromatic rings. The SMILES string of the molecule is BC(B)(B)OC1CCN(c2nccc(Nc3cc4c(C(C)C)ncc(N5C[C@H](CS(C)(=O)=O)[C@H]5C)c4cn3)n2)CC1. The molecule has 0 saturated carbocycles. The lowest BCUT2D eigenvalue weighted by Gasteiger charge is -2.48. The summed E-state index contributed by atoms with van der Waals surface area (Å²) in [6.45, 7) is 8.74. The summed E-state index contributed by atoms with van der Waals surface area (Å²) in [6.07, 6.45) is 9.03. The third-order valence-corrected chi connectivity index (χ3v) is 8.94. The summed E-state index contributed by atoms with van der Waals surface area (Å²) < 4.78 is 29.9. The van der Waals surface area contributed by atoms with Crippen LogP contribution >= 0.6 is 0 Å². The van der Waals surface area contributed by atoms with Crippen molar-refractivity contribution in [1.29, 1.82) is 0 Å². The first-order chi connectivity index (χ1) is 19.3. The van der Waals surface area contributed by atoms with Gasteiger partial charge in [-0.2, -0.15) is 4.98 Å². The minimum Gasteiger partial charge on any atom is -0.397 e. The molecule has 2 atom stereocenters. The third-order valence-electron chi connectivity index (χ3n) is 7.90. The molecule has 10 nitrogen and oxygen atoms in total. The molecule has 216 valence electrons.